The van der Waals surface area contributed by atoms with Crippen LogP contribution < -0.4 is 0 Å². The highest BCUT2D eigenvalue weighted by atomic mass is 35.5. The van der Waals surface area contributed by atoms with Gasteiger partial charge in [0.2, 0.25) is 0 Å². The molecule has 86 valence electrons. The average Bonchev–Trinajstić information content (AvgIpc) is 2.39. The van der Waals surface area contributed by atoms with Gasteiger partial charge in [0.25, 0.3) is 0 Å². The third-order valence-corrected chi connectivity index (χ3v) is 2.55. The minimum atomic E-state index is -0.440. The van der Waals surface area contributed by atoms with Gasteiger partial charge in [-0.15, -0.1) is 0 Å². The van der Waals surface area contributed by atoms with E-state index in [1.54, 1.807) is 30.6 Å². The summed E-state index contributed by atoms with van der Waals surface area (Å²) >= 11 is 5.99. The van der Waals surface area contributed by atoms with Crippen LogP contribution in [0.1, 0.15) is 10.4 Å². The van der Waals surface area contributed by atoms with E-state index in [-0.39, 0.29) is 0 Å². The molecule has 0 saturated carbocycles. The van der Waals surface area contributed by atoms with Crippen LogP contribution in [0.25, 0.3) is 11.1 Å². The summed E-state index contributed by atoms with van der Waals surface area (Å²) in [6, 6.07) is 5.24. The minimum absolute atomic E-state index is 0.337. The molecule has 2 heterocycles. The summed E-state index contributed by atoms with van der Waals surface area (Å²) in [5, 5.41) is 0.337. The molecule has 5 heteroatoms. The van der Waals surface area contributed by atoms with Gasteiger partial charge in [0, 0.05) is 24.2 Å². The van der Waals surface area contributed by atoms with Crippen molar-refractivity contribution in [1.82, 2.24) is 9.97 Å². The number of halogens is 1. The second kappa shape index (κ2) is 4.93. The molecular formula is C12H9ClN2O2. The monoisotopic (exact) mass is 248 g/mol. The molecule has 0 amide bonds. The maximum absolute atomic E-state index is 11.4. The van der Waals surface area contributed by atoms with E-state index in [0.29, 0.717) is 16.3 Å². The quantitative estimate of drug-likeness (QED) is 0.606. The lowest BCUT2D eigenvalue weighted by Crippen LogP contribution is -2.02. The number of esters is 1. The van der Waals surface area contributed by atoms with Crippen LogP contribution in [0.2, 0.25) is 5.15 Å². The Morgan fingerprint density at radius 1 is 1.35 bits per heavy atom. The number of methoxy groups -OCH3 is 1. The van der Waals surface area contributed by atoms with E-state index in [0.717, 1.165) is 5.56 Å². The van der Waals surface area contributed by atoms with Gasteiger partial charge in [0.1, 0.15) is 5.15 Å². The molecule has 0 bridgehead atoms. The SMILES string of the molecule is COC(=O)c1cnc(Cl)c(-c2ccncc2)c1. The van der Waals surface area contributed by atoms with Crippen LogP contribution in [0.15, 0.2) is 36.8 Å². The van der Waals surface area contributed by atoms with Gasteiger partial charge in [-0.3, -0.25) is 4.98 Å². The molecule has 0 aliphatic carbocycles. The lowest BCUT2D eigenvalue weighted by Gasteiger charge is -2.05. The van der Waals surface area contributed by atoms with Gasteiger partial charge in [-0.2, -0.15) is 0 Å². The Morgan fingerprint density at radius 2 is 2.06 bits per heavy atom. The topological polar surface area (TPSA) is 52.1 Å². The first-order chi connectivity index (χ1) is 8.22. The summed E-state index contributed by atoms with van der Waals surface area (Å²) in [5.41, 5.74) is 1.89. The Hall–Kier alpha value is -1.94. The first kappa shape index (κ1) is 11.5. The summed E-state index contributed by atoms with van der Waals surface area (Å²) in [4.78, 5) is 19.3. The van der Waals surface area contributed by atoms with Crippen molar-refractivity contribution in [3.8, 4) is 11.1 Å². The number of hydrogen-bond donors (Lipinski definition) is 0. The Morgan fingerprint density at radius 3 is 2.71 bits per heavy atom. The molecule has 0 spiro atoms. The van der Waals surface area contributed by atoms with Crippen LogP contribution in [0.3, 0.4) is 0 Å². The largest absolute Gasteiger partial charge is 0.465 e. The smallest absolute Gasteiger partial charge is 0.339 e. The summed E-state index contributed by atoms with van der Waals surface area (Å²) in [7, 11) is 1.32. The van der Waals surface area contributed by atoms with Crippen molar-refractivity contribution in [2.75, 3.05) is 7.11 Å². The number of ether oxygens (including phenoxy) is 1. The number of carbonyl (C=O) groups is 1. The van der Waals surface area contributed by atoms with Gasteiger partial charge in [-0.05, 0) is 23.8 Å². The summed E-state index contributed by atoms with van der Waals surface area (Å²) in [6.07, 6.45) is 4.69. The highest BCUT2D eigenvalue weighted by Crippen LogP contribution is 2.26. The van der Waals surface area contributed by atoms with Gasteiger partial charge >= 0.3 is 5.97 Å². The predicted octanol–water partition coefficient (Wildman–Crippen LogP) is 2.58. The summed E-state index contributed by atoms with van der Waals surface area (Å²) in [6.45, 7) is 0. The number of nitrogens with zero attached hydrogens (tertiary/aromatic N) is 2. The van der Waals surface area contributed by atoms with Gasteiger partial charge in [0.15, 0.2) is 0 Å². The normalized spacial score (nSPS) is 10.0. The van der Waals surface area contributed by atoms with Gasteiger partial charge in [-0.1, -0.05) is 11.6 Å². The molecule has 2 rings (SSSR count). The van der Waals surface area contributed by atoms with Crippen LogP contribution in [-0.2, 0) is 4.74 Å². The van der Waals surface area contributed by atoms with E-state index in [1.165, 1.54) is 13.3 Å². The van der Waals surface area contributed by atoms with Gasteiger partial charge in [0.05, 0.1) is 12.7 Å². The zero-order valence-corrected chi connectivity index (χ0v) is 9.81. The average molecular weight is 249 g/mol. The van der Waals surface area contributed by atoms with E-state index in [9.17, 15) is 4.79 Å². The maximum atomic E-state index is 11.4. The lowest BCUT2D eigenvalue weighted by molar-refractivity contribution is 0.0600. The van der Waals surface area contributed by atoms with E-state index in [2.05, 4.69) is 14.7 Å². The molecule has 0 N–H and O–H groups in total. The van der Waals surface area contributed by atoms with Crippen LogP contribution in [0, 0.1) is 0 Å². The molecule has 0 fully saturated rings. The predicted molar refractivity (Wildman–Crippen MR) is 63.8 cm³/mol. The third-order valence-electron chi connectivity index (χ3n) is 2.25. The first-order valence-corrected chi connectivity index (χ1v) is 5.24. The minimum Gasteiger partial charge on any atom is -0.465 e. The van der Waals surface area contributed by atoms with Crippen molar-refractivity contribution in [2.45, 2.75) is 0 Å². The Kier molecular flexibility index (Phi) is 3.35. The first-order valence-electron chi connectivity index (χ1n) is 4.86. The van der Waals surface area contributed by atoms with Crippen molar-refractivity contribution in [3.63, 3.8) is 0 Å². The zero-order valence-electron chi connectivity index (χ0n) is 9.05. The fourth-order valence-corrected chi connectivity index (χ4v) is 1.62. The molecule has 0 aliphatic rings. The Balaban J connectivity index is 2.50. The highest BCUT2D eigenvalue weighted by molar-refractivity contribution is 6.32. The van der Waals surface area contributed by atoms with Crippen molar-refractivity contribution >= 4 is 17.6 Å². The van der Waals surface area contributed by atoms with E-state index in [1.807, 2.05) is 0 Å². The molecule has 2 aromatic heterocycles. The molecule has 17 heavy (non-hydrogen) atoms. The van der Waals surface area contributed by atoms with Crippen molar-refractivity contribution in [1.29, 1.82) is 0 Å². The van der Waals surface area contributed by atoms with E-state index < -0.39 is 5.97 Å². The molecule has 2 aromatic rings. The molecule has 0 radical (unpaired) electrons. The highest BCUT2D eigenvalue weighted by Gasteiger charge is 2.11. The third kappa shape index (κ3) is 2.42. The van der Waals surface area contributed by atoms with Gasteiger partial charge < -0.3 is 4.74 Å². The lowest BCUT2D eigenvalue weighted by atomic mass is 10.1. The maximum Gasteiger partial charge on any atom is 0.339 e. The van der Waals surface area contributed by atoms with Crippen molar-refractivity contribution < 1.29 is 9.53 Å². The molecule has 0 unspecified atom stereocenters. The molecule has 0 atom stereocenters. The fourth-order valence-electron chi connectivity index (χ4n) is 1.41. The standard InChI is InChI=1S/C12H9ClN2O2/c1-17-12(16)9-6-10(11(13)15-7-9)8-2-4-14-5-3-8/h2-7H,1H3. The molecule has 0 aromatic carbocycles. The fraction of sp³-hybridized carbons (Fsp3) is 0.0833. The molecule has 4 nitrogen and oxygen atoms in total. The van der Waals surface area contributed by atoms with Crippen LogP contribution in [0.5, 0.6) is 0 Å². The second-order valence-electron chi connectivity index (χ2n) is 3.29. The Labute approximate surface area is 103 Å². The summed E-state index contributed by atoms with van der Waals surface area (Å²) < 4.78 is 4.63. The zero-order chi connectivity index (χ0) is 12.3. The van der Waals surface area contributed by atoms with E-state index >= 15 is 0 Å². The number of aromatic nitrogens is 2. The number of pyridine rings is 2. The number of hydrogen-bond acceptors (Lipinski definition) is 4. The van der Waals surface area contributed by atoms with E-state index in [4.69, 9.17) is 11.6 Å². The molecular weight excluding hydrogens is 240 g/mol. The van der Waals surface area contributed by atoms with Crippen LogP contribution >= 0.6 is 11.6 Å². The van der Waals surface area contributed by atoms with Crippen LogP contribution in [-0.4, -0.2) is 23.0 Å². The summed E-state index contributed by atoms with van der Waals surface area (Å²) in [5.74, 6) is -0.440. The number of rotatable bonds is 2. The molecule has 0 aliphatic heterocycles. The second-order valence-corrected chi connectivity index (χ2v) is 3.65. The Bertz CT molecular complexity index is 543. The van der Waals surface area contributed by atoms with Crippen LogP contribution in [0.4, 0.5) is 0 Å². The van der Waals surface area contributed by atoms with Crippen molar-refractivity contribution in [2.24, 2.45) is 0 Å². The number of carbonyl (C=O) groups excluding carboxylic acids is 1. The van der Waals surface area contributed by atoms with Crippen molar-refractivity contribution in [3.05, 3.63) is 47.5 Å². The molecule has 0 saturated heterocycles. The van der Waals surface area contributed by atoms with Gasteiger partial charge in [-0.25, -0.2) is 9.78 Å².